The summed E-state index contributed by atoms with van der Waals surface area (Å²) in [5.41, 5.74) is 0. The molecule has 0 saturated carbocycles. The van der Waals surface area contributed by atoms with E-state index >= 15 is 0 Å². The largest absolute Gasteiger partial charge is 0.343 e. The molecule has 0 amide bonds. The molecule has 0 N–H and O–H groups in total. The first-order chi connectivity index (χ1) is 6.68. The van der Waals surface area contributed by atoms with Crippen molar-refractivity contribution in [2.45, 2.75) is 38.6 Å². The Bertz CT molecular complexity index is 328. The summed E-state index contributed by atoms with van der Waals surface area (Å²) in [4.78, 5) is 0. The van der Waals surface area contributed by atoms with Crippen LogP contribution in [0.4, 0.5) is 8.78 Å². The number of rotatable bonds is 3. The predicted octanol–water partition coefficient (Wildman–Crippen LogP) is 1.37. The van der Waals surface area contributed by atoms with Crippen molar-refractivity contribution < 1.29 is 26.1 Å². The maximum absolute atomic E-state index is 13.5. The Kier molecular flexibility index (Phi) is 3.37. The third kappa shape index (κ3) is 2.64. The van der Waals surface area contributed by atoms with Crippen molar-refractivity contribution in [1.82, 2.24) is 0 Å². The van der Waals surface area contributed by atoms with Gasteiger partial charge in [0, 0.05) is 0 Å². The average Bonchev–Trinajstić information content (AvgIpc) is 2.26. The normalized spacial score (nSPS) is 35.7. The molecule has 15 heavy (non-hydrogen) atoms. The van der Waals surface area contributed by atoms with Gasteiger partial charge in [0.1, 0.15) is 0 Å². The minimum atomic E-state index is -3.94. The molecule has 1 aliphatic rings. The first-order valence-corrected chi connectivity index (χ1v) is 6.41. The zero-order chi connectivity index (χ0) is 11.9. The van der Waals surface area contributed by atoms with Crippen molar-refractivity contribution in [2.24, 2.45) is 5.92 Å². The number of halogens is 2. The molecule has 0 aromatic rings. The van der Waals surface area contributed by atoms with Crippen molar-refractivity contribution in [3.8, 4) is 0 Å². The van der Waals surface area contributed by atoms with E-state index < -0.39 is 34.4 Å². The molecule has 4 nitrogen and oxygen atoms in total. The van der Waals surface area contributed by atoms with Gasteiger partial charge < -0.3 is 4.74 Å². The van der Waals surface area contributed by atoms with E-state index in [4.69, 9.17) is 4.74 Å². The van der Waals surface area contributed by atoms with Gasteiger partial charge in [0.05, 0.1) is 18.3 Å². The summed E-state index contributed by atoms with van der Waals surface area (Å²) < 4.78 is 57.5. The predicted molar refractivity (Wildman–Crippen MR) is 49.0 cm³/mol. The second-order valence-electron chi connectivity index (χ2n) is 3.68. The Labute approximate surface area is 87.7 Å². The van der Waals surface area contributed by atoms with Gasteiger partial charge in [0.25, 0.3) is 10.1 Å². The van der Waals surface area contributed by atoms with E-state index in [0.717, 1.165) is 6.26 Å². The van der Waals surface area contributed by atoms with Crippen molar-refractivity contribution in [2.75, 3.05) is 6.26 Å². The third-order valence-electron chi connectivity index (χ3n) is 2.44. The van der Waals surface area contributed by atoms with Crippen LogP contribution in [0, 0.1) is 5.92 Å². The van der Waals surface area contributed by atoms with Crippen molar-refractivity contribution in [3.63, 3.8) is 0 Å². The molecule has 0 aromatic heterocycles. The lowest BCUT2D eigenvalue weighted by Gasteiger charge is -2.19. The number of alkyl halides is 2. The molecule has 1 saturated heterocycles. The molecule has 0 bridgehead atoms. The van der Waals surface area contributed by atoms with E-state index in [1.807, 2.05) is 0 Å². The molecule has 1 aliphatic heterocycles. The van der Waals surface area contributed by atoms with Gasteiger partial charge in [-0.1, -0.05) is 13.8 Å². The third-order valence-corrected chi connectivity index (χ3v) is 2.97. The fourth-order valence-corrected chi connectivity index (χ4v) is 2.02. The molecule has 1 rings (SSSR count). The molecule has 90 valence electrons. The van der Waals surface area contributed by atoms with E-state index in [1.165, 1.54) is 6.92 Å². The van der Waals surface area contributed by atoms with Gasteiger partial charge in [-0.2, -0.15) is 8.42 Å². The van der Waals surface area contributed by atoms with Crippen LogP contribution in [0.3, 0.4) is 0 Å². The van der Waals surface area contributed by atoms with Gasteiger partial charge in [0.15, 0.2) is 0 Å². The molecule has 7 heteroatoms. The molecule has 0 radical (unpaired) electrons. The molecule has 2 unspecified atom stereocenters. The molecule has 0 spiro atoms. The summed E-state index contributed by atoms with van der Waals surface area (Å²) in [5, 5.41) is 0. The standard InChI is InChI=1S/C8H14F2O4S/c1-4-6-5(2)8(9,10)7(13-6)14-15(3,11)12/h5-7H,4H2,1-3H3/t5?,6-,7?/m1/s1. The Morgan fingerprint density at radius 2 is 2.00 bits per heavy atom. The molecule has 1 fully saturated rings. The Morgan fingerprint density at radius 1 is 1.47 bits per heavy atom. The zero-order valence-corrected chi connectivity index (χ0v) is 9.55. The fourth-order valence-electron chi connectivity index (χ4n) is 1.53. The van der Waals surface area contributed by atoms with E-state index in [0.29, 0.717) is 6.42 Å². The molecule has 0 aromatic carbocycles. The Morgan fingerprint density at radius 3 is 2.33 bits per heavy atom. The van der Waals surface area contributed by atoms with E-state index in [1.54, 1.807) is 6.92 Å². The van der Waals surface area contributed by atoms with Crippen LogP contribution in [-0.4, -0.2) is 33.0 Å². The Hall–Kier alpha value is -0.270. The molecular weight excluding hydrogens is 230 g/mol. The number of hydrogen-bond acceptors (Lipinski definition) is 4. The van der Waals surface area contributed by atoms with E-state index in [2.05, 4.69) is 4.18 Å². The second kappa shape index (κ2) is 3.95. The van der Waals surface area contributed by atoms with Crippen molar-refractivity contribution in [1.29, 1.82) is 0 Å². The van der Waals surface area contributed by atoms with Crippen LogP contribution in [0.25, 0.3) is 0 Å². The summed E-state index contributed by atoms with van der Waals surface area (Å²) in [6.07, 6.45) is -1.56. The van der Waals surface area contributed by atoms with Gasteiger partial charge in [0.2, 0.25) is 6.29 Å². The summed E-state index contributed by atoms with van der Waals surface area (Å²) in [5.74, 6) is -4.32. The molecule has 3 atom stereocenters. The van der Waals surface area contributed by atoms with Crippen LogP contribution in [0.1, 0.15) is 20.3 Å². The minimum Gasteiger partial charge on any atom is -0.343 e. The molecular formula is C8H14F2O4S. The van der Waals surface area contributed by atoms with E-state index in [9.17, 15) is 17.2 Å². The highest BCUT2D eigenvalue weighted by Gasteiger charge is 2.57. The minimum absolute atomic E-state index is 0.389. The lowest BCUT2D eigenvalue weighted by molar-refractivity contribution is -0.174. The number of hydrogen-bond donors (Lipinski definition) is 0. The smallest absolute Gasteiger partial charge is 0.304 e. The van der Waals surface area contributed by atoms with E-state index in [-0.39, 0.29) is 0 Å². The van der Waals surface area contributed by atoms with Crippen LogP contribution in [0.2, 0.25) is 0 Å². The summed E-state index contributed by atoms with van der Waals surface area (Å²) in [6, 6.07) is 0. The van der Waals surface area contributed by atoms with Crippen LogP contribution in [0.15, 0.2) is 0 Å². The van der Waals surface area contributed by atoms with Crippen LogP contribution in [-0.2, 0) is 19.0 Å². The van der Waals surface area contributed by atoms with Crippen LogP contribution in [0.5, 0.6) is 0 Å². The highest BCUT2D eigenvalue weighted by atomic mass is 32.2. The monoisotopic (exact) mass is 244 g/mol. The number of ether oxygens (including phenoxy) is 1. The van der Waals surface area contributed by atoms with Gasteiger partial charge >= 0.3 is 5.92 Å². The fraction of sp³-hybridized carbons (Fsp3) is 1.00. The van der Waals surface area contributed by atoms with Gasteiger partial charge in [-0.3, -0.25) is 0 Å². The first kappa shape index (κ1) is 12.8. The Balaban J connectivity index is 2.84. The summed E-state index contributed by atoms with van der Waals surface area (Å²) in [6.45, 7) is 3.01. The highest BCUT2D eigenvalue weighted by molar-refractivity contribution is 7.86. The van der Waals surface area contributed by atoms with Crippen LogP contribution < -0.4 is 0 Å². The first-order valence-electron chi connectivity index (χ1n) is 4.60. The second-order valence-corrected chi connectivity index (χ2v) is 5.28. The topological polar surface area (TPSA) is 52.6 Å². The summed E-state index contributed by atoms with van der Waals surface area (Å²) >= 11 is 0. The van der Waals surface area contributed by atoms with Crippen molar-refractivity contribution in [3.05, 3.63) is 0 Å². The highest BCUT2D eigenvalue weighted by Crippen LogP contribution is 2.42. The SMILES string of the molecule is CC[C@H]1OC(OS(C)(=O)=O)C(F)(F)C1C. The lowest BCUT2D eigenvalue weighted by atomic mass is 9.98. The van der Waals surface area contributed by atoms with Gasteiger partial charge in [-0.15, -0.1) is 0 Å². The molecule has 0 aliphatic carbocycles. The quantitative estimate of drug-likeness (QED) is 0.703. The summed E-state index contributed by atoms with van der Waals surface area (Å²) in [7, 11) is -3.94. The maximum atomic E-state index is 13.5. The van der Waals surface area contributed by atoms with Crippen molar-refractivity contribution >= 4 is 10.1 Å². The van der Waals surface area contributed by atoms with Gasteiger partial charge in [-0.05, 0) is 6.42 Å². The lowest BCUT2D eigenvalue weighted by Crippen LogP contribution is -2.36. The molecule has 1 heterocycles. The zero-order valence-electron chi connectivity index (χ0n) is 8.74. The average molecular weight is 244 g/mol. The van der Waals surface area contributed by atoms with Crippen LogP contribution >= 0.6 is 0 Å². The maximum Gasteiger partial charge on any atom is 0.304 e. The van der Waals surface area contributed by atoms with Gasteiger partial charge in [-0.25, -0.2) is 13.0 Å².